The molecule has 0 aliphatic carbocycles. The van der Waals surface area contributed by atoms with Crippen LogP contribution in [-0.4, -0.2) is 24.3 Å². The SMILES string of the molecule is CN(C)c1nnc(-c2ccc(Cl)c(C(F)(F)F)c2Cl)o1. The highest BCUT2D eigenvalue weighted by Gasteiger charge is 2.37. The molecule has 0 N–H and O–H groups in total. The van der Waals surface area contributed by atoms with E-state index in [0.29, 0.717) is 0 Å². The summed E-state index contributed by atoms with van der Waals surface area (Å²) in [6.07, 6.45) is -4.67. The van der Waals surface area contributed by atoms with Gasteiger partial charge in [-0.15, -0.1) is 5.10 Å². The molecule has 0 saturated heterocycles. The molecule has 9 heteroatoms. The van der Waals surface area contributed by atoms with Gasteiger partial charge in [-0.2, -0.15) is 13.2 Å². The number of halogens is 5. The summed E-state index contributed by atoms with van der Waals surface area (Å²) >= 11 is 11.3. The lowest BCUT2D eigenvalue weighted by Crippen LogP contribution is -2.08. The van der Waals surface area contributed by atoms with Gasteiger partial charge in [-0.05, 0) is 12.1 Å². The summed E-state index contributed by atoms with van der Waals surface area (Å²) in [6.45, 7) is 0. The van der Waals surface area contributed by atoms with Gasteiger partial charge in [-0.25, -0.2) is 0 Å². The number of hydrogen-bond acceptors (Lipinski definition) is 4. The van der Waals surface area contributed by atoms with Crippen LogP contribution in [0.4, 0.5) is 19.2 Å². The number of anilines is 1. The van der Waals surface area contributed by atoms with Gasteiger partial charge in [-0.1, -0.05) is 28.3 Å². The van der Waals surface area contributed by atoms with Crippen molar-refractivity contribution >= 4 is 29.2 Å². The van der Waals surface area contributed by atoms with Crippen LogP contribution in [0.3, 0.4) is 0 Å². The highest BCUT2D eigenvalue weighted by molar-refractivity contribution is 6.37. The number of rotatable bonds is 2. The minimum Gasteiger partial charge on any atom is -0.403 e. The first-order valence-corrected chi connectivity index (χ1v) is 6.04. The van der Waals surface area contributed by atoms with E-state index in [-0.39, 0.29) is 17.5 Å². The minimum atomic E-state index is -4.67. The van der Waals surface area contributed by atoms with E-state index in [1.54, 1.807) is 14.1 Å². The van der Waals surface area contributed by atoms with E-state index in [1.165, 1.54) is 11.0 Å². The van der Waals surface area contributed by atoms with E-state index in [2.05, 4.69) is 10.2 Å². The van der Waals surface area contributed by atoms with Gasteiger partial charge in [0.25, 0.3) is 5.89 Å². The Balaban J connectivity index is 2.58. The quantitative estimate of drug-likeness (QED) is 0.832. The van der Waals surface area contributed by atoms with Crippen molar-refractivity contribution in [1.82, 2.24) is 10.2 Å². The van der Waals surface area contributed by atoms with Gasteiger partial charge in [-0.3, -0.25) is 0 Å². The van der Waals surface area contributed by atoms with Gasteiger partial charge in [0.15, 0.2) is 0 Å². The molecule has 2 aromatic rings. The maximum absolute atomic E-state index is 12.9. The Morgan fingerprint density at radius 2 is 1.80 bits per heavy atom. The Labute approximate surface area is 122 Å². The second kappa shape index (κ2) is 5.14. The number of nitrogens with zero attached hydrogens (tertiary/aromatic N) is 3. The molecule has 20 heavy (non-hydrogen) atoms. The van der Waals surface area contributed by atoms with Crippen LogP contribution >= 0.6 is 23.2 Å². The van der Waals surface area contributed by atoms with Crippen molar-refractivity contribution in [2.75, 3.05) is 19.0 Å². The van der Waals surface area contributed by atoms with Crippen molar-refractivity contribution in [2.24, 2.45) is 0 Å². The lowest BCUT2D eigenvalue weighted by Gasteiger charge is -2.12. The van der Waals surface area contributed by atoms with Crippen LogP contribution in [0.25, 0.3) is 11.5 Å². The summed E-state index contributed by atoms with van der Waals surface area (Å²) in [5.74, 6) is -0.110. The molecule has 4 nitrogen and oxygen atoms in total. The predicted molar refractivity (Wildman–Crippen MR) is 69.1 cm³/mol. The van der Waals surface area contributed by atoms with Crippen LogP contribution in [0.5, 0.6) is 0 Å². The Kier molecular flexibility index (Phi) is 3.84. The average Bonchev–Trinajstić information content (AvgIpc) is 2.76. The molecule has 0 spiro atoms. The lowest BCUT2D eigenvalue weighted by atomic mass is 10.1. The zero-order valence-corrected chi connectivity index (χ0v) is 11.8. The van der Waals surface area contributed by atoms with Crippen molar-refractivity contribution in [3.05, 3.63) is 27.7 Å². The maximum Gasteiger partial charge on any atom is 0.419 e. The molecular formula is C11H8Cl2F3N3O. The van der Waals surface area contributed by atoms with Crippen LogP contribution in [0, 0.1) is 0 Å². The fourth-order valence-corrected chi connectivity index (χ4v) is 2.15. The van der Waals surface area contributed by atoms with Crippen molar-refractivity contribution in [1.29, 1.82) is 0 Å². The van der Waals surface area contributed by atoms with E-state index >= 15 is 0 Å². The molecule has 1 aromatic carbocycles. The summed E-state index contributed by atoms with van der Waals surface area (Å²) in [4.78, 5) is 1.52. The monoisotopic (exact) mass is 325 g/mol. The van der Waals surface area contributed by atoms with Crippen molar-refractivity contribution in [3.63, 3.8) is 0 Å². The number of alkyl halides is 3. The van der Waals surface area contributed by atoms with E-state index < -0.39 is 21.8 Å². The Bertz CT molecular complexity index is 640. The highest BCUT2D eigenvalue weighted by atomic mass is 35.5. The summed E-state index contributed by atoms with van der Waals surface area (Å²) in [5.41, 5.74) is -1.15. The molecule has 0 fully saturated rings. The molecule has 0 amide bonds. The van der Waals surface area contributed by atoms with Gasteiger partial charge in [0, 0.05) is 14.1 Å². The van der Waals surface area contributed by atoms with E-state index in [4.69, 9.17) is 27.6 Å². The normalized spacial score (nSPS) is 11.8. The first-order chi connectivity index (χ1) is 9.21. The fraction of sp³-hybridized carbons (Fsp3) is 0.273. The second-order valence-electron chi connectivity index (χ2n) is 4.07. The molecule has 108 valence electrons. The predicted octanol–water partition coefficient (Wildman–Crippen LogP) is 4.13. The van der Waals surface area contributed by atoms with Crippen molar-refractivity contribution in [2.45, 2.75) is 6.18 Å². The third-order valence-corrected chi connectivity index (χ3v) is 3.11. The summed E-state index contributed by atoms with van der Waals surface area (Å²) in [5, 5.41) is 6.29. The molecule has 0 radical (unpaired) electrons. The van der Waals surface area contributed by atoms with Crippen LogP contribution in [0.15, 0.2) is 16.5 Å². The van der Waals surface area contributed by atoms with Gasteiger partial charge >= 0.3 is 12.2 Å². The summed E-state index contributed by atoms with van der Waals surface area (Å²) < 4.78 is 43.9. The van der Waals surface area contributed by atoms with Crippen molar-refractivity contribution in [3.8, 4) is 11.5 Å². The average molecular weight is 326 g/mol. The number of hydrogen-bond donors (Lipinski definition) is 0. The maximum atomic E-state index is 12.9. The Morgan fingerprint density at radius 3 is 2.30 bits per heavy atom. The van der Waals surface area contributed by atoms with Gasteiger partial charge in [0.05, 0.1) is 21.2 Å². The Morgan fingerprint density at radius 1 is 1.15 bits per heavy atom. The smallest absolute Gasteiger partial charge is 0.403 e. The molecule has 0 aliphatic heterocycles. The minimum absolute atomic E-state index is 0.0241. The molecule has 0 atom stereocenters. The molecule has 2 rings (SSSR count). The zero-order chi connectivity index (χ0) is 15.1. The molecule has 1 aromatic heterocycles. The molecule has 1 heterocycles. The fourth-order valence-electron chi connectivity index (χ4n) is 1.48. The third-order valence-electron chi connectivity index (χ3n) is 2.40. The topological polar surface area (TPSA) is 42.2 Å². The van der Waals surface area contributed by atoms with E-state index in [0.717, 1.165) is 6.07 Å². The van der Waals surface area contributed by atoms with Crippen LogP contribution in [-0.2, 0) is 6.18 Å². The van der Waals surface area contributed by atoms with Crippen LogP contribution in [0.2, 0.25) is 10.0 Å². The molecule has 0 saturated carbocycles. The number of benzene rings is 1. The largest absolute Gasteiger partial charge is 0.419 e. The summed E-state index contributed by atoms with van der Waals surface area (Å²) in [6, 6.07) is 2.54. The molecule has 0 aliphatic rings. The molecule has 0 bridgehead atoms. The first kappa shape index (κ1) is 14.9. The van der Waals surface area contributed by atoms with Gasteiger partial charge in [0.1, 0.15) is 0 Å². The van der Waals surface area contributed by atoms with Crippen LogP contribution < -0.4 is 4.90 Å². The first-order valence-electron chi connectivity index (χ1n) is 5.28. The van der Waals surface area contributed by atoms with Gasteiger partial charge < -0.3 is 9.32 Å². The standard InChI is InChI=1S/C11H8Cl2F3N3O/c1-19(2)10-18-17-9(20-10)5-3-4-6(12)7(8(5)13)11(14,15)16/h3-4H,1-2H3. The van der Waals surface area contributed by atoms with Crippen molar-refractivity contribution < 1.29 is 17.6 Å². The van der Waals surface area contributed by atoms with Gasteiger partial charge in [0.2, 0.25) is 0 Å². The highest BCUT2D eigenvalue weighted by Crippen LogP contribution is 2.43. The molecule has 0 unspecified atom stereocenters. The lowest BCUT2D eigenvalue weighted by molar-refractivity contribution is -0.137. The third kappa shape index (κ3) is 2.69. The zero-order valence-electron chi connectivity index (χ0n) is 10.3. The van der Waals surface area contributed by atoms with Crippen LogP contribution in [0.1, 0.15) is 5.56 Å². The Hall–Kier alpha value is -1.47. The second-order valence-corrected chi connectivity index (χ2v) is 4.85. The summed E-state index contributed by atoms with van der Waals surface area (Å²) in [7, 11) is 3.31. The van der Waals surface area contributed by atoms with E-state index in [1.807, 2.05) is 0 Å². The van der Waals surface area contributed by atoms with E-state index in [9.17, 15) is 13.2 Å². The molecular weight excluding hydrogens is 318 g/mol. The number of aromatic nitrogens is 2.